The van der Waals surface area contributed by atoms with Crippen LogP contribution >= 0.6 is 0 Å². The van der Waals surface area contributed by atoms with Crippen LogP contribution in [0.25, 0.3) is 5.57 Å². The maximum Gasteiger partial charge on any atom is 0.336 e. The summed E-state index contributed by atoms with van der Waals surface area (Å²) < 4.78 is 28.3. The number of aromatic hydroxyl groups is 2. The second-order valence-corrected chi connectivity index (χ2v) is 10.7. The number of phenols is 2. The molecular formula is C29H34O14. The Kier molecular flexibility index (Phi) is 9.34. The molecule has 0 amide bonds. The zero-order chi connectivity index (χ0) is 31.0. The van der Waals surface area contributed by atoms with E-state index < -0.39 is 80.1 Å². The number of aliphatic hydroxyl groups is 6. The van der Waals surface area contributed by atoms with Crippen LogP contribution in [0.3, 0.4) is 0 Å². The van der Waals surface area contributed by atoms with Gasteiger partial charge in [-0.15, -0.1) is 0 Å². The molecule has 11 atom stereocenters. The minimum absolute atomic E-state index is 0.0227. The number of hydrogen-bond donors (Lipinski definition) is 8. The highest BCUT2D eigenvalue weighted by atomic mass is 16.7. The van der Waals surface area contributed by atoms with Gasteiger partial charge in [0.15, 0.2) is 12.6 Å². The van der Waals surface area contributed by atoms with E-state index in [2.05, 4.69) is 0 Å². The summed E-state index contributed by atoms with van der Waals surface area (Å²) in [6.07, 6.45) is -14.7. The van der Waals surface area contributed by atoms with E-state index in [0.29, 0.717) is 11.1 Å². The van der Waals surface area contributed by atoms with Gasteiger partial charge in [0.25, 0.3) is 0 Å². The predicted octanol–water partition coefficient (Wildman–Crippen LogP) is -1.32. The topological polar surface area (TPSA) is 225 Å². The van der Waals surface area contributed by atoms with Crippen molar-refractivity contribution in [3.8, 4) is 17.2 Å². The zero-order valence-corrected chi connectivity index (χ0v) is 22.9. The Hall–Kier alpha value is -3.15. The second kappa shape index (κ2) is 12.8. The lowest BCUT2D eigenvalue weighted by molar-refractivity contribution is -0.330. The molecule has 0 aliphatic carbocycles. The van der Waals surface area contributed by atoms with Crippen molar-refractivity contribution in [1.29, 1.82) is 0 Å². The fourth-order valence-electron chi connectivity index (χ4n) is 5.19. The number of carbonyl (C=O) groups is 1. The number of ether oxygens (including phenoxy) is 5. The van der Waals surface area contributed by atoms with Crippen LogP contribution in [-0.2, 0) is 30.2 Å². The molecule has 234 valence electrons. The normalized spacial score (nSPS) is 37.8. The number of rotatable bonds is 6. The molecule has 3 heterocycles. The maximum absolute atomic E-state index is 12.8. The Morgan fingerprint density at radius 1 is 0.791 bits per heavy atom. The van der Waals surface area contributed by atoms with Crippen LogP contribution in [0.15, 0.2) is 48.5 Å². The summed E-state index contributed by atoms with van der Waals surface area (Å²) >= 11 is 0. The molecule has 0 saturated carbocycles. The fraction of sp³-hybridized carbons (Fsp3) is 0.483. The van der Waals surface area contributed by atoms with Gasteiger partial charge in [-0.3, -0.25) is 0 Å². The van der Waals surface area contributed by atoms with Crippen LogP contribution in [0.2, 0.25) is 0 Å². The summed E-state index contributed by atoms with van der Waals surface area (Å²) in [6, 6.07) is 10.1. The molecule has 2 saturated heterocycles. The molecule has 14 nitrogen and oxygen atoms in total. The van der Waals surface area contributed by atoms with E-state index >= 15 is 0 Å². The highest BCUT2D eigenvalue weighted by molar-refractivity contribution is 5.94. The first kappa shape index (κ1) is 31.3. The Balaban J connectivity index is 1.39. The molecule has 1 unspecified atom stereocenters. The third-order valence-corrected chi connectivity index (χ3v) is 7.69. The Labute approximate surface area is 245 Å². The molecule has 2 fully saturated rings. The molecule has 2 aromatic rings. The largest absolute Gasteiger partial charge is 0.508 e. The van der Waals surface area contributed by atoms with Crippen LogP contribution in [0.4, 0.5) is 0 Å². The van der Waals surface area contributed by atoms with Gasteiger partial charge in [0.05, 0.1) is 18.8 Å². The van der Waals surface area contributed by atoms with E-state index in [0.717, 1.165) is 6.08 Å². The summed E-state index contributed by atoms with van der Waals surface area (Å²) in [7, 11) is 0. The van der Waals surface area contributed by atoms with Crippen molar-refractivity contribution in [3.05, 3.63) is 59.7 Å². The minimum atomic E-state index is -1.76. The zero-order valence-electron chi connectivity index (χ0n) is 22.9. The molecule has 0 bridgehead atoms. The monoisotopic (exact) mass is 606 g/mol. The second-order valence-electron chi connectivity index (χ2n) is 10.7. The maximum atomic E-state index is 12.8. The summed E-state index contributed by atoms with van der Waals surface area (Å²) in [5.41, 5.74) is 1.21. The number of aliphatic hydroxyl groups excluding tert-OH is 6. The van der Waals surface area contributed by atoms with E-state index in [1.54, 1.807) is 12.1 Å². The van der Waals surface area contributed by atoms with Gasteiger partial charge in [-0.25, -0.2) is 4.79 Å². The number of benzene rings is 2. The van der Waals surface area contributed by atoms with Gasteiger partial charge in [0, 0.05) is 18.6 Å². The molecule has 0 spiro atoms. The number of phenolic OH excluding ortho intramolecular Hbond substituents is 2. The molecule has 0 aromatic heterocycles. The van der Waals surface area contributed by atoms with Crippen LogP contribution in [0.5, 0.6) is 17.2 Å². The molecule has 3 aliphatic rings. The quantitative estimate of drug-likeness (QED) is 0.141. The minimum Gasteiger partial charge on any atom is -0.508 e. The first-order valence-corrected chi connectivity index (χ1v) is 13.6. The number of carbonyl (C=O) groups excluding carboxylic acids is 1. The van der Waals surface area contributed by atoms with Crippen molar-refractivity contribution in [1.82, 2.24) is 0 Å². The van der Waals surface area contributed by atoms with Crippen molar-refractivity contribution < 1.29 is 69.3 Å². The van der Waals surface area contributed by atoms with Crippen LogP contribution < -0.4 is 4.74 Å². The van der Waals surface area contributed by atoms with E-state index in [4.69, 9.17) is 23.7 Å². The van der Waals surface area contributed by atoms with Gasteiger partial charge in [-0.2, -0.15) is 0 Å². The van der Waals surface area contributed by atoms with Crippen molar-refractivity contribution in [2.24, 2.45) is 0 Å². The summed E-state index contributed by atoms with van der Waals surface area (Å²) in [5.74, 6) is -0.867. The average Bonchev–Trinajstić information content (AvgIpc) is 2.97. The number of fused-ring (bicyclic) bond motifs is 1. The Morgan fingerprint density at radius 3 is 2.16 bits per heavy atom. The highest BCUT2D eigenvalue weighted by Crippen LogP contribution is 2.35. The first-order chi connectivity index (χ1) is 20.4. The van der Waals surface area contributed by atoms with Crippen molar-refractivity contribution >= 4 is 11.5 Å². The van der Waals surface area contributed by atoms with E-state index in [-0.39, 0.29) is 29.2 Å². The first-order valence-electron chi connectivity index (χ1n) is 13.6. The SMILES string of the molecule is C[C@@H]1O[C@@H](OC[C@H]2O[C@@H](OC3Cc4ccc(O)cc4OC(=O)/C=C\3c3ccc(O)cc3)[C@H](O)[C@@H](O)[C@@H]2O)[C@H](O)[C@H](O)[C@H]1O. The third kappa shape index (κ3) is 6.68. The van der Waals surface area contributed by atoms with Crippen LogP contribution in [-0.4, -0.2) is 121 Å². The van der Waals surface area contributed by atoms with Crippen LogP contribution in [0.1, 0.15) is 18.1 Å². The van der Waals surface area contributed by atoms with Gasteiger partial charge in [-0.05, 0) is 41.8 Å². The van der Waals surface area contributed by atoms with Crippen molar-refractivity contribution in [2.75, 3.05) is 6.61 Å². The smallest absolute Gasteiger partial charge is 0.336 e. The number of hydrogen-bond acceptors (Lipinski definition) is 14. The summed E-state index contributed by atoms with van der Waals surface area (Å²) in [5, 5.41) is 82.0. The molecule has 14 heteroatoms. The third-order valence-electron chi connectivity index (χ3n) is 7.69. The molecule has 2 aromatic carbocycles. The van der Waals surface area contributed by atoms with Gasteiger partial charge in [0.1, 0.15) is 60.0 Å². The lowest BCUT2D eigenvalue weighted by Crippen LogP contribution is -2.61. The fourth-order valence-corrected chi connectivity index (χ4v) is 5.19. The standard InChI is InChI=1S/C29H34O14/c1-12-22(33)24(35)26(37)28(40-12)39-11-20-23(34)25(36)27(38)29(43-20)42-19-8-14-4-7-16(31)9-18(14)41-21(32)10-17(19)13-2-5-15(30)6-3-13/h2-7,9-10,12,19-20,22-31,33-38H,8,11H2,1H3/b17-10-/t12-,19?,20+,22-,23+,24+,25-,26+,27+,28+,29+/m0/s1. The predicted molar refractivity (Wildman–Crippen MR) is 143 cm³/mol. The van der Waals surface area contributed by atoms with E-state index in [9.17, 15) is 45.6 Å². The number of esters is 1. The lowest BCUT2D eigenvalue weighted by atomic mass is 9.93. The van der Waals surface area contributed by atoms with Crippen molar-refractivity contribution in [2.45, 2.75) is 80.9 Å². The molecule has 3 aliphatic heterocycles. The van der Waals surface area contributed by atoms with Crippen molar-refractivity contribution in [3.63, 3.8) is 0 Å². The van der Waals surface area contributed by atoms with Gasteiger partial charge in [-0.1, -0.05) is 18.2 Å². The van der Waals surface area contributed by atoms with Gasteiger partial charge >= 0.3 is 5.97 Å². The Morgan fingerprint density at radius 2 is 1.44 bits per heavy atom. The van der Waals surface area contributed by atoms with E-state index in [1.165, 1.54) is 37.3 Å². The highest BCUT2D eigenvalue weighted by Gasteiger charge is 2.47. The molecule has 43 heavy (non-hydrogen) atoms. The molecule has 0 radical (unpaired) electrons. The van der Waals surface area contributed by atoms with Crippen LogP contribution in [0, 0.1) is 0 Å². The molecule has 8 N–H and O–H groups in total. The van der Waals surface area contributed by atoms with E-state index in [1.807, 2.05) is 0 Å². The average molecular weight is 607 g/mol. The lowest BCUT2D eigenvalue weighted by Gasteiger charge is -2.43. The van der Waals surface area contributed by atoms with Gasteiger partial charge in [0.2, 0.25) is 0 Å². The molecule has 5 rings (SSSR count). The Bertz CT molecular complexity index is 1310. The molecular weight excluding hydrogens is 572 g/mol. The summed E-state index contributed by atoms with van der Waals surface area (Å²) in [6.45, 7) is 0.984. The summed E-state index contributed by atoms with van der Waals surface area (Å²) in [4.78, 5) is 12.8. The van der Waals surface area contributed by atoms with Gasteiger partial charge < -0.3 is 64.5 Å².